The van der Waals surface area contributed by atoms with Crippen molar-refractivity contribution in [2.75, 3.05) is 44.2 Å². The van der Waals surface area contributed by atoms with Crippen LogP contribution >= 0.6 is 0 Å². The van der Waals surface area contributed by atoms with E-state index in [0.717, 1.165) is 114 Å². The van der Waals surface area contributed by atoms with Gasteiger partial charge in [-0.2, -0.15) is 0 Å². The Labute approximate surface area is 398 Å². The second-order valence-corrected chi connectivity index (χ2v) is 18.1. The van der Waals surface area contributed by atoms with Gasteiger partial charge in [0.15, 0.2) is 0 Å². The van der Waals surface area contributed by atoms with E-state index in [1.807, 2.05) is 42.5 Å². The average molecular weight is 907 g/mol. The molecule has 2 amide bonds. The van der Waals surface area contributed by atoms with Crippen LogP contribution in [0.25, 0.3) is 33.1 Å². The number of rotatable bonds is 18. The van der Waals surface area contributed by atoms with Crippen LogP contribution in [0.15, 0.2) is 156 Å². The minimum atomic E-state index is -0.363. The van der Waals surface area contributed by atoms with E-state index in [2.05, 4.69) is 130 Å². The molecule has 1 unspecified atom stereocenters. The molecule has 8 aromatic rings. The second-order valence-electron chi connectivity index (χ2n) is 18.1. The van der Waals surface area contributed by atoms with Crippen LogP contribution < -0.4 is 24.4 Å². The summed E-state index contributed by atoms with van der Waals surface area (Å²) in [6.07, 6.45) is 5.79. The Morgan fingerprint density at radius 2 is 1.32 bits per heavy atom. The number of aryl methyl sites for hydroxylation is 1. The van der Waals surface area contributed by atoms with E-state index < -0.39 is 0 Å². The predicted molar refractivity (Wildman–Crippen MR) is 269 cm³/mol. The van der Waals surface area contributed by atoms with Crippen molar-refractivity contribution in [2.45, 2.75) is 64.7 Å². The van der Waals surface area contributed by atoms with Crippen LogP contribution in [-0.4, -0.2) is 60.6 Å². The van der Waals surface area contributed by atoms with Gasteiger partial charge in [-0.05, 0) is 140 Å². The number of aromatic nitrogens is 1. The zero-order valence-corrected chi connectivity index (χ0v) is 38.7. The Morgan fingerprint density at radius 1 is 0.647 bits per heavy atom. The summed E-state index contributed by atoms with van der Waals surface area (Å²) in [5.74, 6) is 1.77. The van der Waals surface area contributed by atoms with Gasteiger partial charge in [-0.1, -0.05) is 72.8 Å². The number of piperidine rings is 1. The second kappa shape index (κ2) is 20.7. The van der Waals surface area contributed by atoms with Crippen LogP contribution in [0.3, 0.4) is 0 Å². The number of carbonyl (C=O) groups excluding carboxylic acids is 2. The van der Waals surface area contributed by atoms with E-state index in [9.17, 15) is 9.59 Å². The molecule has 2 saturated heterocycles. The minimum Gasteiger partial charge on any atom is -0.494 e. The highest BCUT2D eigenvalue weighted by Crippen LogP contribution is 2.38. The standard InChI is InChI=1S/C58H58N4O6/c1-41-51-36-49(67-39-44-13-7-3-8-14-44)24-26-54(51)62(57(41)45-17-22-48(23-18-45)66-38-43-11-5-2-6-12-43)37-42-15-20-47(21-16-42)65-34-10-4-9-29-60-30-32-61(33-31-60)46-19-27-55-52(35-46)53(40-68-55)50-25-28-56(63)59-58(50)64/h2-3,5-8,11-24,26-27,35-36,40,50H,4,9-10,25,28-34,37-39H2,1H3,(H,59,63,64). The number of amides is 2. The van der Waals surface area contributed by atoms with Crippen molar-refractivity contribution in [2.24, 2.45) is 0 Å². The van der Waals surface area contributed by atoms with Gasteiger partial charge in [0.1, 0.15) is 36.0 Å². The molecule has 10 rings (SSSR count). The van der Waals surface area contributed by atoms with Gasteiger partial charge in [0.25, 0.3) is 0 Å². The molecule has 4 heterocycles. The molecule has 0 radical (unpaired) electrons. The van der Waals surface area contributed by atoms with Crippen molar-refractivity contribution in [1.82, 2.24) is 14.8 Å². The number of unbranched alkanes of at least 4 members (excludes halogenated alkanes) is 2. The lowest BCUT2D eigenvalue weighted by Crippen LogP contribution is -2.46. The summed E-state index contributed by atoms with van der Waals surface area (Å²) in [5.41, 5.74) is 10.9. The van der Waals surface area contributed by atoms with Crippen LogP contribution in [0.1, 0.15) is 65.8 Å². The molecule has 1 N–H and O–H groups in total. The van der Waals surface area contributed by atoms with Gasteiger partial charge >= 0.3 is 0 Å². The maximum Gasteiger partial charge on any atom is 0.234 e. The zero-order valence-electron chi connectivity index (χ0n) is 38.7. The van der Waals surface area contributed by atoms with Gasteiger partial charge in [-0.3, -0.25) is 19.8 Å². The summed E-state index contributed by atoms with van der Waals surface area (Å²) >= 11 is 0. The largest absolute Gasteiger partial charge is 0.494 e. The molecule has 2 aromatic heterocycles. The van der Waals surface area contributed by atoms with Crippen molar-refractivity contribution in [3.63, 3.8) is 0 Å². The first kappa shape index (κ1) is 44.5. The van der Waals surface area contributed by atoms with Gasteiger partial charge in [-0.25, -0.2) is 0 Å². The Hall–Kier alpha value is -7.30. The van der Waals surface area contributed by atoms with E-state index in [-0.39, 0.29) is 17.7 Å². The highest BCUT2D eigenvalue weighted by molar-refractivity contribution is 6.03. The first-order valence-corrected chi connectivity index (χ1v) is 24.0. The molecule has 346 valence electrons. The van der Waals surface area contributed by atoms with Gasteiger partial charge in [-0.15, -0.1) is 0 Å². The topological polar surface area (TPSA) is 98.4 Å². The fourth-order valence-electron chi connectivity index (χ4n) is 9.72. The highest BCUT2D eigenvalue weighted by Gasteiger charge is 2.31. The van der Waals surface area contributed by atoms with Crippen LogP contribution in [0, 0.1) is 6.92 Å². The SMILES string of the molecule is Cc1c(-c2ccc(OCc3ccccc3)cc2)n(Cc2ccc(OCCCCCN3CCN(c4ccc5occ(C6CCC(=O)NC6=O)c5c4)CC3)cc2)c2ccc(OCc3ccccc3)cc12. The zero-order chi connectivity index (χ0) is 46.2. The summed E-state index contributed by atoms with van der Waals surface area (Å²) in [7, 11) is 0. The minimum absolute atomic E-state index is 0.206. The molecule has 1 atom stereocenters. The highest BCUT2D eigenvalue weighted by atomic mass is 16.5. The fourth-order valence-corrected chi connectivity index (χ4v) is 9.72. The van der Waals surface area contributed by atoms with Gasteiger partial charge < -0.3 is 28.1 Å². The molecule has 0 bridgehead atoms. The molecule has 10 nitrogen and oxygen atoms in total. The number of benzene rings is 6. The number of carbonyl (C=O) groups is 2. The number of hydrogen-bond donors (Lipinski definition) is 1. The molecule has 0 aliphatic carbocycles. The fraction of sp³-hybridized carbons (Fsp3) is 0.276. The molecular weight excluding hydrogens is 849 g/mol. The smallest absolute Gasteiger partial charge is 0.234 e. The van der Waals surface area contributed by atoms with Crippen LogP contribution in [0.5, 0.6) is 17.2 Å². The van der Waals surface area contributed by atoms with Crippen molar-refractivity contribution in [3.05, 3.63) is 180 Å². The number of piperazine rings is 1. The number of hydrogen-bond acceptors (Lipinski definition) is 8. The number of fused-ring (bicyclic) bond motifs is 2. The lowest BCUT2D eigenvalue weighted by Gasteiger charge is -2.36. The number of nitrogens with zero attached hydrogens (tertiary/aromatic N) is 3. The van der Waals surface area contributed by atoms with Crippen molar-refractivity contribution in [1.29, 1.82) is 0 Å². The maximum absolute atomic E-state index is 12.6. The van der Waals surface area contributed by atoms with E-state index >= 15 is 0 Å². The van der Waals surface area contributed by atoms with Gasteiger partial charge in [0.2, 0.25) is 11.8 Å². The number of ether oxygens (including phenoxy) is 3. The molecular formula is C58H58N4O6. The molecule has 6 aromatic carbocycles. The third kappa shape index (κ3) is 10.3. The normalized spacial score (nSPS) is 15.5. The summed E-state index contributed by atoms with van der Waals surface area (Å²) < 4.78 is 26.9. The van der Waals surface area contributed by atoms with E-state index in [0.29, 0.717) is 39.2 Å². The third-order valence-corrected chi connectivity index (χ3v) is 13.5. The molecule has 2 aliphatic rings. The molecule has 68 heavy (non-hydrogen) atoms. The van der Waals surface area contributed by atoms with Gasteiger partial charge in [0, 0.05) is 66.7 Å². The molecule has 2 fully saturated rings. The summed E-state index contributed by atoms with van der Waals surface area (Å²) in [5, 5.41) is 4.61. The quantitative estimate of drug-likeness (QED) is 0.0671. The van der Waals surface area contributed by atoms with Crippen molar-refractivity contribution < 1.29 is 28.2 Å². The van der Waals surface area contributed by atoms with Crippen LogP contribution in [0.2, 0.25) is 0 Å². The molecule has 0 spiro atoms. The van der Waals surface area contributed by atoms with Gasteiger partial charge in [0.05, 0.1) is 24.5 Å². The Kier molecular flexibility index (Phi) is 13.6. The predicted octanol–water partition coefficient (Wildman–Crippen LogP) is 11.5. The first-order valence-electron chi connectivity index (χ1n) is 24.0. The number of furan rings is 1. The molecule has 0 saturated carbocycles. The Morgan fingerprint density at radius 3 is 2.04 bits per heavy atom. The summed E-state index contributed by atoms with van der Waals surface area (Å²) in [6, 6.07) is 50.2. The van der Waals surface area contributed by atoms with E-state index in [1.165, 1.54) is 22.2 Å². The lowest BCUT2D eigenvalue weighted by atomic mass is 9.90. The summed E-state index contributed by atoms with van der Waals surface area (Å²) in [6.45, 7) is 9.62. The van der Waals surface area contributed by atoms with Crippen molar-refractivity contribution >= 4 is 39.4 Å². The molecule has 10 heteroatoms. The van der Waals surface area contributed by atoms with Crippen LogP contribution in [-0.2, 0) is 29.3 Å². The first-order chi connectivity index (χ1) is 33.4. The Balaban J connectivity index is 0.721. The van der Waals surface area contributed by atoms with E-state index in [1.54, 1.807) is 6.26 Å². The number of nitrogens with one attached hydrogen (secondary N) is 1. The monoisotopic (exact) mass is 906 g/mol. The maximum atomic E-state index is 12.6. The summed E-state index contributed by atoms with van der Waals surface area (Å²) in [4.78, 5) is 29.3. The Bertz CT molecular complexity index is 2970. The third-order valence-electron chi connectivity index (χ3n) is 13.5. The van der Waals surface area contributed by atoms with Crippen molar-refractivity contribution in [3.8, 4) is 28.5 Å². The van der Waals surface area contributed by atoms with E-state index in [4.69, 9.17) is 18.6 Å². The number of imide groups is 1. The lowest BCUT2D eigenvalue weighted by molar-refractivity contribution is -0.134. The number of anilines is 1. The van der Waals surface area contributed by atoms with Crippen LogP contribution in [0.4, 0.5) is 5.69 Å². The average Bonchev–Trinajstić information content (AvgIpc) is 3.92. The molecule has 2 aliphatic heterocycles.